The van der Waals surface area contributed by atoms with Gasteiger partial charge in [0.2, 0.25) is 0 Å². The zero-order valence-corrected chi connectivity index (χ0v) is 12.9. The zero-order chi connectivity index (χ0) is 14.5. The minimum Gasteiger partial charge on any atom is -0.422 e. The van der Waals surface area contributed by atoms with E-state index in [2.05, 4.69) is 5.09 Å². The molecular formula is C13H19ClNO3P. The number of hydrogen-bond acceptors (Lipinski definition) is 3. The number of Topliss-reactive ketones (excluding diaryl/α,β-unsaturated/α-hetero) is 1. The lowest BCUT2D eigenvalue weighted by Gasteiger charge is -2.22. The lowest BCUT2D eigenvalue weighted by molar-refractivity contribution is -0.122. The van der Waals surface area contributed by atoms with Crippen molar-refractivity contribution in [1.29, 1.82) is 0 Å². The Morgan fingerprint density at radius 2 is 1.95 bits per heavy atom. The minimum atomic E-state index is -3.50. The summed E-state index contributed by atoms with van der Waals surface area (Å²) in [7, 11) is 0. The molecule has 1 aromatic rings. The van der Waals surface area contributed by atoms with Gasteiger partial charge < -0.3 is 4.52 Å². The minimum absolute atomic E-state index is 0.0939. The third-order valence-electron chi connectivity index (χ3n) is 2.93. The maximum absolute atomic E-state index is 12.1. The first-order chi connectivity index (χ1) is 8.85. The molecule has 0 saturated carbocycles. The Hall–Kier alpha value is -0.830. The largest absolute Gasteiger partial charge is 0.422 e. The van der Waals surface area contributed by atoms with Crippen LogP contribution in [0.3, 0.4) is 0 Å². The first kappa shape index (κ1) is 16.2. The van der Waals surface area contributed by atoms with Crippen molar-refractivity contribution < 1.29 is 13.9 Å². The number of rotatable bonds is 7. The lowest BCUT2D eigenvalue weighted by Crippen LogP contribution is -2.34. The maximum atomic E-state index is 12.1. The van der Waals surface area contributed by atoms with E-state index in [1.165, 1.54) is 0 Å². The van der Waals surface area contributed by atoms with Crippen molar-refractivity contribution in [2.45, 2.75) is 33.2 Å². The van der Waals surface area contributed by atoms with E-state index < -0.39 is 6.87 Å². The topological polar surface area (TPSA) is 55.4 Å². The first-order valence-electron chi connectivity index (χ1n) is 6.20. The van der Waals surface area contributed by atoms with Crippen LogP contribution < -0.4 is 9.61 Å². The molecular weight excluding hydrogens is 285 g/mol. The van der Waals surface area contributed by atoms with Gasteiger partial charge in [-0.3, -0.25) is 4.79 Å². The molecule has 1 N–H and O–H groups in total. The zero-order valence-electron chi connectivity index (χ0n) is 11.3. The molecule has 2 unspecified atom stereocenters. The van der Waals surface area contributed by atoms with Gasteiger partial charge in [-0.15, -0.1) is 0 Å². The predicted molar refractivity (Wildman–Crippen MR) is 77.6 cm³/mol. The fourth-order valence-corrected chi connectivity index (χ4v) is 3.46. The van der Waals surface area contributed by atoms with Crippen LogP contribution in [0.1, 0.15) is 27.2 Å². The molecule has 19 heavy (non-hydrogen) atoms. The molecule has 1 rings (SSSR count). The molecule has 0 spiro atoms. The van der Waals surface area contributed by atoms with Crippen LogP contribution in [0.4, 0.5) is 0 Å². The third kappa shape index (κ3) is 5.35. The summed E-state index contributed by atoms with van der Waals surface area (Å²) >= 11 is 5.87. The summed E-state index contributed by atoms with van der Waals surface area (Å²) in [5, 5.41) is 2.70. The van der Waals surface area contributed by atoms with E-state index in [1.54, 1.807) is 45.0 Å². The van der Waals surface area contributed by atoms with Crippen molar-refractivity contribution >= 4 is 23.9 Å². The van der Waals surface area contributed by atoms with E-state index in [0.717, 1.165) is 0 Å². The van der Waals surface area contributed by atoms with Crippen molar-refractivity contribution in [1.82, 2.24) is 5.09 Å². The highest BCUT2D eigenvalue weighted by Crippen LogP contribution is 2.48. The molecule has 1 aromatic carbocycles. The van der Waals surface area contributed by atoms with Crippen molar-refractivity contribution in [3.63, 3.8) is 0 Å². The normalized spacial score (nSPS) is 17.3. The van der Waals surface area contributed by atoms with E-state index in [0.29, 0.717) is 12.2 Å². The molecule has 0 saturated heterocycles. The van der Waals surface area contributed by atoms with Crippen LogP contribution in [-0.4, -0.2) is 11.8 Å². The highest BCUT2D eigenvalue weighted by Gasteiger charge is 2.28. The number of hydrogen-bond donors (Lipinski definition) is 1. The number of benzene rings is 1. The Bertz CT molecular complexity index is 466. The predicted octanol–water partition coefficient (Wildman–Crippen LogP) is 4.01. The van der Waals surface area contributed by atoms with Crippen LogP contribution in [0.25, 0.3) is 0 Å². The average molecular weight is 304 g/mol. The second kappa shape index (κ2) is 7.09. The van der Waals surface area contributed by atoms with Crippen LogP contribution in [-0.2, 0) is 9.36 Å². The van der Waals surface area contributed by atoms with Gasteiger partial charge in [-0.05, 0) is 19.1 Å². The maximum Gasteiger partial charge on any atom is 0.409 e. The SMILES string of the molecule is CCC(=O)C(C)[C@H](C)NP(=O)(Cl)Oc1ccccc1. The van der Waals surface area contributed by atoms with Crippen LogP contribution in [0.2, 0.25) is 0 Å². The number of nitrogens with one attached hydrogen (secondary N) is 1. The van der Waals surface area contributed by atoms with Gasteiger partial charge in [0.05, 0.1) is 0 Å². The summed E-state index contributed by atoms with van der Waals surface area (Å²) in [5.74, 6) is 0.253. The fraction of sp³-hybridized carbons (Fsp3) is 0.462. The Morgan fingerprint density at radius 3 is 2.47 bits per heavy atom. The molecule has 0 amide bonds. The standard InChI is InChI=1S/C13H19ClNO3P/c1-4-13(16)10(2)11(3)15-19(14,17)18-12-8-6-5-7-9-12/h5-11H,4H2,1-3H3,(H,15,17)/t10?,11-,19?/m0/s1. The van der Waals surface area contributed by atoms with Crippen molar-refractivity contribution in [3.05, 3.63) is 30.3 Å². The Balaban J connectivity index is 2.64. The number of carbonyl (C=O) groups excluding carboxylic acids is 1. The Morgan fingerprint density at radius 1 is 1.37 bits per heavy atom. The molecule has 0 aliphatic carbocycles. The van der Waals surface area contributed by atoms with E-state index in [1.807, 2.05) is 6.07 Å². The van der Waals surface area contributed by atoms with E-state index in [-0.39, 0.29) is 17.7 Å². The molecule has 3 atom stereocenters. The number of carbonyl (C=O) groups is 1. The van der Waals surface area contributed by atoms with Crippen LogP contribution in [0.5, 0.6) is 5.75 Å². The van der Waals surface area contributed by atoms with Crippen LogP contribution in [0.15, 0.2) is 30.3 Å². The highest BCUT2D eigenvalue weighted by atomic mass is 35.7. The van der Waals surface area contributed by atoms with Gasteiger partial charge in [-0.25, -0.2) is 9.65 Å². The molecule has 0 aliphatic heterocycles. The second-order valence-electron chi connectivity index (χ2n) is 4.41. The van der Waals surface area contributed by atoms with E-state index in [4.69, 9.17) is 15.8 Å². The van der Waals surface area contributed by atoms with Gasteiger partial charge in [-0.2, -0.15) is 0 Å². The molecule has 0 aliphatic rings. The van der Waals surface area contributed by atoms with Gasteiger partial charge in [0.15, 0.2) is 0 Å². The Kier molecular flexibility index (Phi) is 6.05. The second-order valence-corrected chi connectivity index (χ2v) is 7.15. The van der Waals surface area contributed by atoms with Crippen molar-refractivity contribution in [2.24, 2.45) is 5.92 Å². The number of halogens is 1. The summed E-state index contributed by atoms with van der Waals surface area (Å²) in [6, 6.07) is 8.37. The number of ketones is 1. The molecule has 4 nitrogen and oxygen atoms in total. The molecule has 0 bridgehead atoms. The summed E-state index contributed by atoms with van der Waals surface area (Å²) in [6.45, 7) is 1.84. The first-order valence-corrected chi connectivity index (χ1v) is 8.73. The summed E-state index contributed by atoms with van der Waals surface area (Å²) in [5.41, 5.74) is 0. The lowest BCUT2D eigenvalue weighted by atomic mass is 9.98. The van der Waals surface area contributed by atoms with Crippen molar-refractivity contribution in [3.8, 4) is 5.75 Å². The van der Waals surface area contributed by atoms with Gasteiger partial charge >= 0.3 is 6.87 Å². The molecule has 0 aromatic heterocycles. The quantitative estimate of drug-likeness (QED) is 0.773. The summed E-state index contributed by atoms with van der Waals surface area (Å²) in [6.07, 6.45) is 0.444. The molecule has 0 fully saturated rings. The van der Waals surface area contributed by atoms with Gasteiger partial charge in [0.1, 0.15) is 11.5 Å². The van der Waals surface area contributed by atoms with Crippen molar-refractivity contribution in [2.75, 3.05) is 0 Å². The summed E-state index contributed by atoms with van der Waals surface area (Å²) in [4.78, 5) is 11.6. The summed E-state index contributed by atoms with van der Waals surface area (Å²) < 4.78 is 17.4. The monoisotopic (exact) mass is 303 g/mol. The van der Waals surface area contributed by atoms with Gasteiger partial charge in [0.25, 0.3) is 0 Å². The molecule has 0 heterocycles. The molecule has 0 radical (unpaired) electrons. The van der Waals surface area contributed by atoms with Crippen LogP contribution >= 0.6 is 18.1 Å². The fourth-order valence-electron chi connectivity index (χ4n) is 1.60. The average Bonchev–Trinajstić information content (AvgIpc) is 2.36. The number of para-hydroxylation sites is 1. The van der Waals surface area contributed by atoms with E-state index >= 15 is 0 Å². The Labute approximate surface area is 118 Å². The van der Waals surface area contributed by atoms with Gasteiger partial charge in [0, 0.05) is 29.6 Å². The van der Waals surface area contributed by atoms with Crippen LogP contribution in [0, 0.1) is 5.92 Å². The molecule has 106 valence electrons. The highest BCUT2D eigenvalue weighted by molar-refractivity contribution is 7.84. The van der Waals surface area contributed by atoms with Gasteiger partial charge in [-0.1, -0.05) is 32.0 Å². The van der Waals surface area contributed by atoms with E-state index in [9.17, 15) is 9.36 Å². The third-order valence-corrected chi connectivity index (χ3v) is 4.59. The molecule has 6 heteroatoms. The smallest absolute Gasteiger partial charge is 0.409 e.